The van der Waals surface area contributed by atoms with E-state index in [1.165, 1.54) is 0 Å². The van der Waals surface area contributed by atoms with Crippen molar-refractivity contribution in [3.63, 3.8) is 0 Å². The maximum absolute atomic E-state index is 11.9. The molecule has 0 spiro atoms. The average Bonchev–Trinajstić information content (AvgIpc) is 2.31. The second-order valence-electron chi connectivity index (χ2n) is 4.10. The summed E-state index contributed by atoms with van der Waals surface area (Å²) in [5.41, 5.74) is 6.64. The molecule has 0 radical (unpaired) electrons. The van der Waals surface area contributed by atoms with Gasteiger partial charge in [0.15, 0.2) is 0 Å². The summed E-state index contributed by atoms with van der Waals surface area (Å²) in [6.07, 6.45) is 2.98. The minimum absolute atomic E-state index is 0.0906. The van der Waals surface area contributed by atoms with E-state index in [9.17, 15) is 4.79 Å². The molecule has 4 heteroatoms. The molecule has 3 nitrogen and oxygen atoms in total. The molecule has 0 heterocycles. The largest absolute Gasteiger partial charge is 0.398 e. The summed E-state index contributed by atoms with van der Waals surface area (Å²) in [5.74, 6) is -0.0906. The van der Waals surface area contributed by atoms with Crippen LogP contribution in [0.4, 0.5) is 5.69 Å². The molecule has 0 bridgehead atoms. The van der Waals surface area contributed by atoms with Crippen LogP contribution in [0.5, 0.6) is 0 Å². The number of hydrogen-bond acceptors (Lipinski definition) is 2. The van der Waals surface area contributed by atoms with E-state index in [0.29, 0.717) is 16.3 Å². The smallest absolute Gasteiger partial charge is 0.251 e. The Labute approximate surface area is 107 Å². The summed E-state index contributed by atoms with van der Waals surface area (Å²) >= 11 is 5.88. The highest BCUT2D eigenvalue weighted by Crippen LogP contribution is 2.19. The monoisotopic (exact) mass is 254 g/mol. The molecule has 1 atom stereocenters. The van der Waals surface area contributed by atoms with E-state index in [4.69, 9.17) is 17.3 Å². The Hall–Kier alpha value is -1.22. The summed E-state index contributed by atoms with van der Waals surface area (Å²) in [6.45, 7) is 4.17. The van der Waals surface area contributed by atoms with E-state index in [-0.39, 0.29) is 11.9 Å². The van der Waals surface area contributed by atoms with Gasteiger partial charge in [-0.3, -0.25) is 4.79 Å². The van der Waals surface area contributed by atoms with E-state index < -0.39 is 0 Å². The van der Waals surface area contributed by atoms with Gasteiger partial charge in [0.25, 0.3) is 5.91 Å². The average molecular weight is 255 g/mol. The van der Waals surface area contributed by atoms with Crippen molar-refractivity contribution in [2.75, 3.05) is 5.73 Å². The lowest BCUT2D eigenvalue weighted by Crippen LogP contribution is -2.34. The van der Waals surface area contributed by atoms with Crippen LogP contribution in [0.3, 0.4) is 0 Å². The highest BCUT2D eigenvalue weighted by molar-refractivity contribution is 6.33. The van der Waals surface area contributed by atoms with Crippen molar-refractivity contribution >= 4 is 23.2 Å². The number of nitrogen functional groups attached to an aromatic ring is 1. The van der Waals surface area contributed by atoms with Crippen molar-refractivity contribution in [2.45, 2.75) is 39.2 Å². The minimum atomic E-state index is -0.0906. The molecular formula is C13H19ClN2O. The van der Waals surface area contributed by atoms with E-state index >= 15 is 0 Å². The van der Waals surface area contributed by atoms with E-state index in [0.717, 1.165) is 19.3 Å². The molecule has 17 heavy (non-hydrogen) atoms. The molecule has 1 unspecified atom stereocenters. The summed E-state index contributed by atoms with van der Waals surface area (Å²) in [4.78, 5) is 11.9. The molecule has 0 aromatic heterocycles. The van der Waals surface area contributed by atoms with Crippen LogP contribution < -0.4 is 11.1 Å². The SMILES string of the molecule is CCCC(CC)NC(=O)c1ccc(N)c(Cl)c1. The molecule has 0 saturated carbocycles. The van der Waals surface area contributed by atoms with Gasteiger partial charge in [-0.25, -0.2) is 0 Å². The number of carbonyl (C=O) groups is 1. The summed E-state index contributed by atoms with van der Waals surface area (Å²) in [5, 5.41) is 3.41. The molecule has 0 saturated heterocycles. The second kappa shape index (κ2) is 6.50. The second-order valence-corrected chi connectivity index (χ2v) is 4.51. The summed E-state index contributed by atoms with van der Waals surface area (Å²) in [6, 6.07) is 5.17. The lowest BCUT2D eigenvalue weighted by atomic mass is 10.1. The molecule has 94 valence electrons. The Morgan fingerprint density at radius 2 is 2.18 bits per heavy atom. The number of nitrogens with one attached hydrogen (secondary N) is 1. The Bertz CT molecular complexity index is 393. The third-order valence-electron chi connectivity index (χ3n) is 2.73. The van der Waals surface area contributed by atoms with Gasteiger partial charge >= 0.3 is 0 Å². The van der Waals surface area contributed by atoms with Gasteiger partial charge in [0.05, 0.1) is 10.7 Å². The van der Waals surface area contributed by atoms with Crippen molar-refractivity contribution in [2.24, 2.45) is 0 Å². The predicted molar refractivity (Wildman–Crippen MR) is 72.3 cm³/mol. The molecule has 0 aliphatic heterocycles. The van der Waals surface area contributed by atoms with E-state index in [1.54, 1.807) is 18.2 Å². The molecule has 0 aliphatic rings. The van der Waals surface area contributed by atoms with Gasteiger partial charge in [-0.2, -0.15) is 0 Å². The molecular weight excluding hydrogens is 236 g/mol. The number of carbonyl (C=O) groups excluding carboxylic acids is 1. The van der Waals surface area contributed by atoms with Crippen LogP contribution in [-0.2, 0) is 0 Å². The first-order valence-corrected chi connectivity index (χ1v) is 6.32. The number of hydrogen-bond donors (Lipinski definition) is 2. The van der Waals surface area contributed by atoms with Crippen LogP contribution in [0.1, 0.15) is 43.5 Å². The van der Waals surface area contributed by atoms with Crippen molar-refractivity contribution in [1.29, 1.82) is 0 Å². The van der Waals surface area contributed by atoms with Crippen LogP contribution in [-0.4, -0.2) is 11.9 Å². The molecule has 1 aromatic carbocycles. The molecule has 1 amide bonds. The van der Waals surface area contributed by atoms with Crippen LogP contribution >= 0.6 is 11.6 Å². The lowest BCUT2D eigenvalue weighted by molar-refractivity contribution is 0.0934. The summed E-state index contributed by atoms with van der Waals surface area (Å²) < 4.78 is 0. The zero-order valence-corrected chi connectivity index (χ0v) is 11.1. The maximum Gasteiger partial charge on any atom is 0.251 e. The number of nitrogens with two attached hydrogens (primary N) is 1. The lowest BCUT2D eigenvalue weighted by Gasteiger charge is -2.16. The maximum atomic E-state index is 11.9. The first kappa shape index (κ1) is 13.8. The topological polar surface area (TPSA) is 55.1 Å². The Morgan fingerprint density at radius 1 is 1.47 bits per heavy atom. The normalized spacial score (nSPS) is 12.2. The molecule has 1 aromatic rings. The molecule has 3 N–H and O–H groups in total. The van der Waals surface area contributed by atoms with Crippen LogP contribution in [0.15, 0.2) is 18.2 Å². The number of benzene rings is 1. The van der Waals surface area contributed by atoms with Gasteiger partial charge in [-0.15, -0.1) is 0 Å². The number of anilines is 1. The highest BCUT2D eigenvalue weighted by Gasteiger charge is 2.12. The Kier molecular flexibility index (Phi) is 5.29. The fourth-order valence-electron chi connectivity index (χ4n) is 1.66. The van der Waals surface area contributed by atoms with Gasteiger partial charge in [0, 0.05) is 11.6 Å². The van der Waals surface area contributed by atoms with Gasteiger partial charge < -0.3 is 11.1 Å². The molecule has 0 fully saturated rings. The number of amides is 1. The summed E-state index contributed by atoms with van der Waals surface area (Å²) in [7, 11) is 0. The third kappa shape index (κ3) is 3.93. The van der Waals surface area contributed by atoms with Crippen LogP contribution in [0.25, 0.3) is 0 Å². The Morgan fingerprint density at radius 3 is 2.71 bits per heavy atom. The molecule has 0 aliphatic carbocycles. The number of rotatable bonds is 5. The zero-order chi connectivity index (χ0) is 12.8. The third-order valence-corrected chi connectivity index (χ3v) is 3.06. The number of halogens is 1. The van der Waals surface area contributed by atoms with E-state index in [1.807, 2.05) is 0 Å². The first-order chi connectivity index (χ1) is 8.08. The van der Waals surface area contributed by atoms with E-state index in [2.05, 4.69) is 19.2 Å². The predicted octanol–water partition coefficient (Wildman–Crippen LogP) is 3.23. The van der Waals surface area contributed by atoms with Gasteiger partial charge in [-0.1, -0.05) is 31.9 Å². The fourth-order valence-corrected chi connectivity index (χ4v) is 1.84. The molecule has 1 rings (SSSR count). The minimum Gasteiger partial charge on any atom is -0.398 e. The van der Waals surface area contributed by atoms with Gasteiger partial charge in [0.2, 0.25) is 0 Å². The Balaban J connectivity index is 2.72. The zero-order valence-electron chi connectivity index (χ0n) is 10.3. The van der Waals surface area contributed by atoms with Crippen LogP contribution in [0, 0.1) is 0 Å². The van der Waals surface area contributed by atoms with Gasteiger partial charge in [-0.05, 0) is 31.0 Å². The first-order valence-electron chi connectivity index (χ1n) is 5.94. The van der Waals surface area contributed by atoms with Crippen molar-refractivity contribution < 1.29 is 4.79 Å². The van der Waals surface area contributed by atoms with Gasteiger partial charge in [0.1, 0.15) is 0 Å². The standard InChI is InChI=1S/C13H19ClN2O/c1-3-5-10(4-2)16-13(17)9-6-7-12(15)11(14)8-9/h6-8,10H,3-5,15H2,1-2H3,(H,16,17). The van der Waals surface area contributed by atoms with Crippen molar-refractivity contribution in [3.8, 4) is 0 Å². The van der Waals surface area contributed by atoms with Crippen molar-refractivity contribution in [3.05, 3.63) is 28.8 Å². The highest BCUT2D eigenvalue weighted by atomic mass is 35.5. The van der Waals surface area contributed by atoms with Crippen LogP contribution in [0.2, 0.25) is 5.02 Å². The van der Waals surface area contributed by atoms with Crippen molar-refractivity contribution in [1.82, 2.24) is 5.32 Å². The fraction of sp³-hybridized carbons (Fsp3) is 0.462. The quantitative estimate of drug-likeness (QED) is 0.793.